The molecule has 2 aliphatic heterocycles. The maximum absolute atomic E-state index is 13.9. The molecule has 1 aromatic heterocycles. The number of ether oxygens (including phenoxy) is 1. The lowest BCUT2D eigenvalue weighted by Gasteiger charge is -2.39. The largest absolute Gasteiger partial charge is 0.455 e. The normalized spacial score (nSPS) is 28.8. The van der Waals surface area contributed by atoms with Crippen molar-refractivity contribution in [3.63, 3.8) is 0 Å². The Bertz CT molecular complexity index is 1430. The Hall–Kier alpha value is -3.79. The number of hydrazine groups is 1. The number of pyridine rings is 1. The summed E-state index contributed by atoms with van der Waals surface area (Å²) in [7, 11) is 0. The van der Waals surface area contributed by atoms with E-state index < -0.39 is 46.9 Å². The average Bonchev–Trinajstić information content (AvgIpc) is 2.96. The van der Waals surface area contributed by atoms with Gasteiger partial charge in [-0.15, -0.1) is 0 Å². The number of esters is 1. The molecule has 5 bridgehead atoms. The van der Waals surface area contributed by atoms with Gasteiger partial charge in [0.2, 0.25) is 11.8 Å². The molecule has 10 nitrogen and oxygen atoms in total. The molecule has 1 unspecified atom stereocenters. The van der Waals surface area contributed by atoms with Crippen LogP contribution in [0.5, 0.6) is 0 Å². The van der Waals surface area contributed by atoms with Crippen molar-refractivity contribution < 1.29 is 23.9 Å². The molecule has 0 spiro atoms. The molecule has 1 fully saturated rings. The lowest BCUT2D eigenvalue weighted by atomic mass is 9.66. The van der Waals surface area contributed by atoms with Gasteiger partial charge in [-0.05, 0) is 62.6 Å². The third kappa shape index (κ3) is 6.90. The standard InChI is InChI=1S/C33H45N5O5/c1-19(2)27-28(39)34-20(3)29(40)38-17-9-10-25(37-38)30(41)43-21(4)24-14-13-23-12-11-22(18-26(23)35-24)15-16-33(8,31(42)36-27)32(5,6)7/h11-16,18-21,25,27,37H,9-10,17H2,1-8H3,(H,34,39)(H,36,42)/b16-15+/t20-,21+,25-,27-,33?/m0/s1. The highest BCUT2D eigenvalue weighted by Crippen LogP contribution is 2.41. The van der Waals surface area contributed by atoms with Crippen LogP contribution >= 0.6 is 0 Å². The van der Waals surface area contributed by atoms with Gasteiger partial charge in [0.15, 0.2) is 0 Å². The molecule has 232 valence electrons. The van der Waals surface area contributed by atoms with Crippen LogP contribution in [0.3, 0.4) is 0 Å². The van der Waals surface area contributed by atoms with Gasteiger partial charge in [-0.2, -0.15) is 0 Å². The van der Waals surface area contributed by atoms with E-state index in [0.717, 1.165) is 16.5 Å². The van der Waals surface area contributed by atoms with E-state index in [9.17, 15) is 19.2 Å². The first-order chi connectivity index (χ1) is 20.1. The summed E-state index contributed by atoms with van der Waals surface area (Å²) in [6, 6.07) is 7.16. The number of aromatic nitrogens is 1. The molecule has 1 saturated heterocycles. The first-order valence-corrected chi connectivity index (χ1v) is 15.1. The van der Waals surface area contributed by atoms with Gasteiger partial charge in [0, 0.05) is 11.9 Å². The molecule has 43 heavy (non-hydrogen) atoms. The van der Waals surface area contributed by atoms with Crippen molar-refractivity contribution in [1.29, 1.82) is 0 Å². The molecule has 4 rings (SSSR count). The van der Waals surface area contributed by atoms with E-state index in [2.05, 4.69) is 16.1 Å². The number of carbonyl (C=O) groups is 4. The number of rotatable bonds is 1. The Labute approximate surface area is 254 Å². The number of nitrogens with zero attached hydrogens (tertiary/aromatic N) is 2. The molecule has 3 heterocycles. The minimum absolute atomic E-state index is 0.240. The van der Waals surface area contributed by atoms with E-state index in [0.29, 0.717) is 25.1 Å². The smallest absolute Gasteiger partial charge is 0.325 e. The molecule has 3 N–H and O–H groups in total. The zero-order valence-corrected chi connectivity index (χ0v) is 26.5. The molecule has 2 aromatic rings. The van der Waals surface area contributed by atoms with E-state index >= 15 is 0 Å². The topological polar surface area (TPSA) is 130 Å². The molecule has 3 amide bonds. The lowest BCUT2D eigenvalue weighted by molar-refractivity contribution is -0.157. The first kappa shape index (κ1) is 32.1. The summed E-state index contributed by atoms with van der Waals surface area (Å²) in [5.41, 5.74) is 3.69. The van der Waals surface area contributed by atoms with Crippen molar-refractivity contribution in [2.75, 3.05) is 6.54 Å². The number of hydrogen-bond donors (Lipinski definition) is 3. The summed E-state index contributed by atoms with van der Waals surface area (Å²) in [6.45, 7) is 15.3. The fraction of sp³-hybridized carbons (Fsp3) is 0.545. The number of nitrogens with one attached hydrogen (secondary N) is 3. The monoisotopic (exact) mass is 591 g/mol. The third-order valence-electron chi connectivity index (χ3n) is 8.79. The van der Waals surface area contributed by atoms with E-state index in [1.807, 2.05) is 84.0 Å². The van der Waals surface area contributed by atoms with Crippen LogP contribution in [-0.4, -0.2) is 58.4 Å². The number of carbonyl (C=O) groups excluding carboxylic acids is 4. The van der Waals surface area contributed by atoms with Gasteiger partial charge in [0.1, 0.15) is 24.2 Å². The van der Waals surface area contributed by atoms with Gasteiger partial charge in [-0.3, -0.25) is 24.2 Å². The van der Waals surface area contributed by atoms with Crippen LogP contribution in [-0.2, 0) is 23.9 Å². The van der Waals surface area contributed by atoms with Gasteiger partial charge in [-0.1, -0.05) is 65.0 Å². The van der Waals surface area contributed by atoms with Crippen LogP contribution in [0.1, 0.15) is 85.6 Å². The number of cyclic esters (lactones) is 1. The number of hydrogen-bond acceptors (Lipinski definition) is 7. The number of fused-ring (bicyclic) bond motifs is 4. The highest BCUT2D eigenvalue weighted by molar-refractivity contribution is 5.94. The predicted octanol–water partition coefficient (Wildman–Crippen LogP) is 4.06. The first-order valence-electron chi connectivity index (χ1n) is 15.1. The second-order valence-corrected chi connectivity index (χ2v) is 13.3. The summed E-state index contributed by atoms with van der Waals surface area (Å²) >= 11 is 0. The van der Waals surface area contributed by atoms with Crippen molar-refractivity contribution in [3.05, 3.63) is 47.7 Å². The second kappa shape index (κ2) is 12.4. The van der Waals surface area contributed by atoms with Crippen LogP contribution in [0.2, 0.25) is 0 Å². The molecular weight excluding hydrogens is 546 g/mol. The summed E-state index contributed by atoms with van der Waals surface area (Å²) < 4.78 is 5.78. The van der Waals surface area contributed by atoms with Gasteiger partial charge < -0.3 is 15.4 Å². The van der Waals surface area contributed by atoms with Gasteiger partial charge in [0.05, 0.1) is 16.6 Å². The van der Waals surface area contributed by atoms with Crippen molar-refractivity contribution in [2.24, 2.45) is 16.7 Å². The highest BCUT2D eigenvalue weighted by Gasteiger charge is 2.44. The summed E-state index contributed by atoms with van der Waals surface area (Å²) in [4.78, 5) is 58.6. The average molecular weight is 592 g/mol. The SMILES string of the molecule is CC(C)[C@@H]1NC(=O)C(C)(C(C)(C)C)/C=C/c2ccc3ccc(nc3c2)[C@@H](C)OC(=O)[C@@H]2CCCN(N2)C(=O)[C@H](C)NC1=O. The lowest BCUT2D eigenvalue weighted by Crippen LogP contribution is -2.61. The summed E-state index contributed by atoms with van der Waals surface area (Å²) in [5.74, 6) is -1.84. The third-order valence-corrected chi connectivity index (χ3v) is 8.79. The van der Waals surface area contributed by atoms with E-state index in [-0.39, 0.29) is 17.7 Å². The van der Waals surface area contributed by atoms with Crippen LogP contribution in [0.25, 0.3) is 17.0 Å². The van der Waals surface area contributed by atoms with Gasteiger partial charge >= 0.3 is 5.97 Å². The summed E-state index contributed by atoms with van der Waals surface area (Å²) in [6.07, 6.45) is 4.26. The van der Waals surface area contributed by atoms with E-state index in [1.165, 1.54) is 5.01 Å². The predicted molar refractivity (Wildman–Crippen MR) is 165 cm³/mol. The Morgan fingerprint density at radius 1 is 1.05 bits per heavy atom. The van der Waals surface area contributed by atoms with Crippen molar-refractivity contribution in [1.82, 2.24) is 26.1 Å². The fourth-order valence-corrected chi connectivity index (χ4v) is 5.27. The molecule has 5 atom stereocenters. The molecule has 0 radical (unpaired) electrons. The van der Waals surface area contributed by atoms with Crippen molar-refractivity contribution >= 4 is 40.7 Å². The van der Waals surface area contributed by atoms with Crippen LogP contribution in [0.15, 0.2) is 36.4 Å². The van der Waals surface area contributed by atoms with Crippen LogP contribution in [0, 0.1) is 16.7 Å². The molecular formula is C33H45N5O5. The van der Waals surface area contributed by atoms with Crippen LogP contribution in [0.4, 0.5) is 0 Å². The zero-order valence-electron chi connectivity index (χ0n) is 26.5. The van der Waals surface area contributed by atoms with Gasteiger partial charge in [-0.25, -0.2) is 10.4 Å². The Balaban J connectivity index is 1.77. The van der Waals surface area contributed by atoms with Gasteiger partial charge in [0.25, 0.3) is 5.91 Å². The molecule has 0 aliphatic carbocycles. The molecule has 10 heteroatoms. The fourth-order valence-electron chi connectivity index (χ4n) is 5.27. The van der Waals surface area contributed by atoms with Crippen molar-refractivity contribution in [2.45, 2.75) is 92.5 Å². The maximum atomic E-state index is 13.9. The number of benzene rings is 1. The number of amides is 3. The summed E-state index contributed by atoms with van der Waals surface area (Å²) in [5, 5.41) is 8.06. The van der Waals surface area contributed by atoms with Crippen molar-refractivity contribution in [3.8, 4) is 0 Å². The Morgan fingerprint density at radius 3 is 2.42 bits per heavy atom. The van der Waals surface area contributed by atoms with E-state index in [4.69, 9.17) is 9.72 Å². The second-order valence-electron chi connectivity index (χ2n) is 13.3. The molecule has 1 aromatic carbocycles. The van der Waals surface area contributed by atoms with Crippen LogP contribution < -0.4 is 16.1 Å². The quantitative estimate of drug-likeness (QED) is 0.427. The molecule has 2 aliphatic rings. The highest BCUT2D eigenvalue weighted by atomic mass is 16.5. The zero-order chi connectivity index (χ0) is 31.7. The Morgan fingerprint density at radius 2 is 1.74 bits per heavy atom. The van der Waals surface area contributed by atoms with E-state index in [1.54, 1.807) is 13.8 Å². The minimum Gasteiger partial charge on any atom is -0.455 e. The maximum Gasteiger partial charge on any atom is 0.325 e. The molecule has 0 saturated carbocycles. The minimum atomic E-state index is -0.986. The Kier molecular flexibility index (Phi) is 9.30.